The van der Waals surface area contributed by atoms with Gasteiger partial charge in [-0.1, -0.05) is 0 Å². The number of anilines is 1. The lowest BCUT2D eigenvalue weighted by molar-refractivity contribution is -0.121. The second-order valence-electron chi connectivity index (χ2n) is 6.32. The molecule has 1 amide bonds. The fraction of sp³-hybridized carbons (Fsp3) is 0.471. The van der Waals surface area contributed by atoms with Crippen LogP contribution in [0.4, 0.5) is 5.69 Å². The SMILES string of the molecule is Cc1nnc(CN2CCC(C(=O)Nc3ccc4c(c3)OCO4)CC2)o1. The van der Waals surface area contributed by atoms with Gasteiger partial charge in [0, 0.05) is 24.6 Å². The third-order valence-electron chi connectivity index (χ3n) is 4.53. The minimum absolute atomic E-state index is 0.00564. The fourth-order valence-electron chi connectivity index (χ4n) is 3.16. The van der Waals surface area contributed by atoms with E-state index in [2.05, 4.69) is 20.4 Å². The number of likely N-dealkylation sites (tertiary alicyclic amines) is 1. The van der Waals surface area contributed by atoms with Crippen molar-refractivity contribution in [2.24, 2.45) is 5.92 Å². The Hall–Kier alpha value is -2.61. The molecule has 25 heavy (non-hydrogen) atoms. The molecular formula is C17H20N4O4. The summed E-state index contributed by atoms with van der Waals surface area (Å²) in [6.07, 6.45) is 1.62. The van der Waals surface area contributed by atoms with E-state index in [0.29, 0.717) is 29.8 Å². The van der Waals surface area contributed by atoms with E-state index < -0.39 is 0 Å². The van der Waals surface area contributed by atoms with Crippen molar-refractivity contribution < 1.29 is 18.7 Å². The summed E-state index contributed by atoms with van der Waals surface area (Å²) in [5.41, 5.74) is 0.734. The molecule has 0 aliphatic carbocycles. The van der Waals surface area contributed by atoms with Crippen LogP contribution in [0.3, 0.4) is 0 Å². The van der Waals surface area contributed by atoms with Gasteiger partial charge in [-0.3, -0.25) is 9.69 Å². The van der Waals surface area contributed by atoms with Gasteiger partial charge >= 0.3 is 0 Å². The largest absolute Gasteiger partial charge is 0.454 e. The van der Waals surface area contributed by atoms with E-state index in [0.717, 1.165) is 31.6 Å². The Kier molecular flexibility index (Phi) is 4.27. The van der Waals surface area contributed by atoms with Crippen LogP contribution in [-0.4, -0.2) is 40.9 Å². The van der Waals surface area contributed by atoms with Gasteiger partial charge in [-0.05, 0) is 38.1 Å². The molecule has 2 aliphatic heterocycles. The van der Waals surface area contributed by atoms with Gasteiger partial charge in [0.25, 0.3) is 0 Å². The maximum Gasteiger partial charge on any atom is 0.231 e. The molecule has 0 bridgehead atoms. The van der Waals surface area contributed by atoms with Crippen molar-refractivity contribution >= 4 is 11.6 Å². The summed E-state index contributed by atoms with van der Waals surface area (Å²) in [6, 6.07) is 5.44. The molecule has 1 aromatic heterocycles. The van der Waals surface area contributed by atoms with Crippen molar-refractivity contribution in [3.8, 4) is 11.5 Å². The monoisotopic (exact) mass is 344 g/mol. The first-order valence-corrected chi connectivity index (χ1v) is 8.39. The highest BCUT2D eigenvalue weighted by Crippen LogP contribution is 2.34. The maximum absolute atomic E-state index is 12.5. The number of ether oxygens (including phenoxy) is 2. The predicted molar refractivity (Wildman–Crippen MR) is 88.2 cm³/mol. The highest BCUT2D eigenvalue weighted by atomic mass is 16.7. The lowest BCUT2D eigenvalue weighted by atomic mass is 9.96. The molecule has 3 heterocycles. The summed E-state index contributed by atoms with van der Waals surface area (Å²) < 4.78 is 16.0. The first-order valence-electron chi connectivity index (χ1n) is 8.39. The minimum Gasteiger partial charge on any atom is -0.454 e. The van der Waals surface area contributed by atoms with Crippen LogP contribution < -0.4 is 14.8 Å². The third kappa shape index (κ3) is 3.58. The van der Waals surface area contributed by atoms with Crippen LogP contribution in [0, 0.1) is 12.8 Å². The summed E-state index contributed by atoms with van der Waals surface area (Å²) in [5.74, 6) is 2.64. The number of hydrogen-bond donors (Lipinski definition) is 1. The van der Waals surface area contributed by atoms with Crippen LogP contribution in [0.5, 0.6) is 11.5 Å². The minimum atomic E-state index is 0.00564. The van der Waals surface area contributed by atoms with Gasteiger partial charge < -0.3 is 19.2 Å². The van der Waals surface area contributed by atoms with Gasteiger partial charge in [0.05, 0.1) is 6.54 Å². The van der Waals surface area contributed by atoms with Crippen LogP contribution in [0.15, 0.2) is 22.6 Å². The van der Waals surface area contributed by atoms with Crippen LogP contribution in [0.25, 0.3) is 0 Å². The molecule has 2 aliphatic rings. The van der Waals surface area contributed by atoms with Crippen molar-refractivity contribution in [1.29, 1.82) is 0 Å². The average molecular weight is 344 g/mol. The Morgan fingerprint density at radius 1 is 1.24 bits per heavy atom. The van der Waals surface area contributed by atoms with Crippen LogP contribution in [-0.2, 0) is 11.3 Å². The number of fused-ring (bicyclic) bond motifs is 1. The molecule has 8 nitrogen and oxygen atoms in total. The molecule has 2 aromatic rings. The highest BCUT2D eigenvalue weighted by molar-refractivity contribution is 5.93. The van der Waals surface area contributed by atoms with Crippen molar-refractivity contribution in [1.82, 2.24) is 15.1 Å². The lowest BCUT2D eigenvalue weighted by Gasteiger charge is -2.30. The van der Waals surface area contributed by atoms with Crippen LogP contribution >= 0.6 is 0 Å². The number of nitrogens with zero attached hydrogens (tertiary/aromatic N) is 3. The van der Waals surface area contributed by atoms with Gasteiger partial charge in [-0.2, -0.15) is 0 Å². The summed E-state index contributed by atoms with van der Waals surface area (Å²) in [4.78, 5) is 14.7. The first kappa shape index (κ1) is 15.9. The topological polar surface area (TPSA) is 89.7 Å². The smallest absolute Gasteiger partial charge is 0.231 e. The number of rotatable bonds is 4. The molecule has 0 spiro atoms. The van der Waals surface area contributed by atoms with E-state index in [9.17, 15) is 4.79 Å². The molecule has 1 fully saturated rings. The fourth-order valence-corrected chi connectivity index (χ4v) is 3.16. The second-order valence-corrected chi connectivity index (χ2v) is 6.32. The molecule has 8 heteroatoms. The quantitative estimate of drug-likeness (QED) is 0.906. The number of piperidine rings is 1. The molecule has 1 N–H and O–H groups in total. The van der Waals surface area contributed by atoms with Gasteiger partial charge in [0.2, 0.25) is 24.5 Å². The average Bonchev–Trinajstić information content (AvgIpc) is 3.24. The summed E-state index contributed by atoms with van der Waals surface area (Å²) >= 11 is 0. The molecular weight excluding hydrogens is 324 g/mol. The third-order valence-corrected chi connectivity index (χ3v) is 4.53. The van der Waals surface area contributed by atoms with E-state index in [-0.39, 0.29) is 18.6 Å². The molecule has 1 aromatic carbocycles. The first-order chi connectivity index (χ1) is 12.2. The van der Waals surface area contributed by atoms with E-state index in [4.69, 9.17) is 13.9 Å². The number of hydrogen-bond acceptors (Lipinski definition) is 7. The van der Waals surface area contributed by atoms with Crippen LogP contribution in [0.2, 0.25) is 0 Å². The predicted octanol–water partition coefficient (Wildman–Crippen LogP) is 1.96. The molecule has 0 saturated carbocycles. The molecule has 4 rings (SSSR count). The summed E-state index contributed by atoms with van der Waals surface area (Å²) in [5, 5.41) is 10.8. The normalized spacial score (nSPS) is 17.6. The van der Waals surface area contributed by atoms with Crippen molar-refractivity contribution in [2.45, 2.75) is 26.3 Å². The number of carbonyl (C=O) groups is 1. The molecule has 0 atom stereocenters. The highest BCUT2D eigenvalue weighted by Gasteiger charge is 2.26. The molecule has 0 unspecified atom stereocenters. The standard InChI is InChI=1S/C17H20N4O4/c1-11-19-20-16(25-11)9-21-6-4-12(5-7-21)17(22)18-13-2-3-14-15(8-13)24-10-23-14/h2-3,8,12H,4-7,9-10H2,1H3,(H,18,22). The van der Waals surface area contributed by atoms with E-state index in [1.807, 2.05) is 12.1 Å². The van der Waals surface area contributed by atoms with Crippen LogP contribution in [0.1, 0.15) is 24.6 Å². The molecule has 0 radical (unpaired) electrons. The Bertz CT molecular complexity index is 768. The van der Waals surface area contributed by atoms with E-state index in [1.54, 1.807) is 13.0 Å². The number of benzene rings is 1. The Balaban J connectivity index is 1.29. The van der Waals surface area contributed by atoms with E-state index >= 15 is 0 Å². The molecule has 132 valence electrons. The van der Waals surface area contributed by atoms with Crippen molar-refractivity contribution in [2.75, 3.05) is 25.2 Å². The lowest BCUT2D eigenvalue weighted by Crippen LogP contribution is -2.37. The number of carbonyl (C=O) groups excluding carboxylic acids is 1. The molecule has 1 saturated heterocycles. The zero-order chi connectivity index (χ0) is 17.2. The van der Waals surface area contributed by atoms with Crippen molar-refractivity contribution in [3.63, 3.8) is 0 Å². The van der Waals surface area contributed by atoms with E-state index in [1.165, 1.54) is 0 Å². The number of amides is 1. The van der Waals surface area contributed by atoms with Gasteiger partial charge in [-0.25, -0.2) is 0 Å². The zero-order valence-corrected chi connectivity index (χ0v) is 14.0. The second kappa shape index (κ2) is 6.72. The Morgan fingerprint density at radius 2 is 2.04 bits per heavy atom. The Morgan fingerprint density at radius 3 is 2.80 bits per heavy atom. The summed E-state index contributed by atoms with van der Waals surface area (Å²) in [6.45, 7) is 4.31. The number of nitrogens with one attached hydrogen (secondary N) is 1. The maximum atomic E-state index is 12.5. The Labute approximate surface area is 145 Å². The zero-order valence-electron chi connectivity index (χ0n) is 14.0. The number of aryl methyl sites for hydroxylation is 1. The number of aromatic nitrogens is 2. The van der Waals surface area contributed by atoms with Gasteiger partial charge in [-0.15, -0.1) is 10.2 Å². The van der Waals surface area contributed by atoms with Gasteiger partial charge in [0.15, 0.2) is 11.5 Å². The summed E-state index contributed by atoms with van der Waals surface area (Å²) in [7, 11) is 0. The van der Waals surface area contributed by atoms with Crippen molar-refractivity contribution in [3.05, 3.63) is 30.0 Å². The van der Waals surface area contributed by atoms with Gasteiger partial charge in [0.1, 0.15) is 0 Å².